The van der Waals surface area contributed by atoms with Crippen molar-refractivity contribution in [3.63, 3.8) is 0 Å². The van der Waals surface area contributed by atoms with Gasteiger partial charge in [0.2, 0.25) is 0 Å². The van der Waals surface area contributed by atoms with Crippen molar-refractivity contribution in [3.05, 3.63) is 67.1 Å². The van der Waals surface area contributed by atoms with Crippen molar-refractivity contribution in [2.75, 3.05) is 35.3 Å². The lowest BCUT2D eigenvalue weighted by Crippen LogP contribution is -2.33. The molecule has 0 atom stereocenters. The molecular weight excluding hydrogens is 374 g/mol. The second kappa shape index (κ2) is 8.90. The summed E-state index contributed by atoms with van der Waals surface area (Å²) in [5.74, 6) is 2.39. The lowest BCUT2D eigenvalue weighted by molar-refractivity contribution is 0.687. The molecule has 30 heavy (non-hydrogen) atoms. The average Bonchev–Trinajstić information content (AvgIpc) is 2.78. The van der Waals surface area contributed by atoms with E-state index < -0.39 is 0 Å². The number of anilines is 3. The van der Waals surface area contributed by atoms with Gasteiger partial charge in [0.25, 0.3) is 0 Å². The molecule has 4 heterocycles. The van der Waals surface area contributed by atoms with E-state index in [1.807, 2.05) is 24.4 Å². The second-order valence-corrected chi connectivity index (χ2v) is 7.38. The third-order valence-corrected chi connectivity index (χ3v) is 5.29. The van der Waals surface area contributed by atoms with Gasteiger partial charge in [0, 0.05) is 49.9 Å². The average molecular weight is 402 g/mol. The maximum atomic E-state index is 5.02. The Morgan fingerprint density at radius 2 is 2.03 bits per heavy atom. The van der Waals surface area contributed by atoms with Gasteiger partial charge in [0.15, 0.2) is 5.82 Å². The van der Waals surface area contributed by atoms with Crippen LogP contribution in [0.15, 0.2) is 61.5 Å². The highest BCUT2D eigenvalue weighted by atomic mass is 15.3. The van der Waals surface area contributed by atoms with Crippen LogP contribution in [0.1, 0.15) is 25.5 Å². The first-order chi connectivity index (χ1) is 14.7. The number of aryl methyl sites for hydroxylation is 1. The quantitative estimate of drug-likeness (QED) is 0.690. The van der Waals surface area contributed by atoms with Crippen LogP contribution in [0.4, 0.5) is 17.3 Å². The van der Waals surface area contributed by atoms with E-state index in [-0.39, 0.29) is 0 Å². The summed E-state index contributed by atoms with van der Waals surface area (Å²) in [5, 5.41) is 3.36. The van der Waals surface area contributed by atoms with Crippen molar-refractivity contribution in [1.82, 2.24) is 19.9 Å². The number of hydrogen-bond donors (Lipinski definition) is 1. The molecule has 0 radical (unpaired) electrons. The molecule has 1 aliphatic heterocycles. The highest BCUT2D eigenvalue weighted by molar-refractivity contribution is 5.74. The van der Waals surface area contributed by atoms with Crippen LogP contribution in [0.2, 0.25) is 0 Å². The Bertz CT molecular complexity index is 1020. The molecule has 3 aromatic rings. The van der Waals surface area contributed by atoms with Crippen molar-refractivity contribution in [2.45, 2.75) is 26.2 Å². The summed E-state index contributed by atoms with van der Waals surface area (Å²) in [6, 6.07) is 10.1. The van der Waals surface area contributed by atoms with Crippen molar-refractivity contribution < 1.29 is 0 Å². The van der Waals surface area contributed by atoms with E-state index in [2.05, 4.69) is 62.8 Å². The molecule has 7 heteroatoms. The Labute approximate surface area is 177 Å². The first-order valence-corrected chi connectivity index (χ1v) is 10.3. The van der Waals surface area contributed by atoms with Crippen LogP contribution in [-0.2, 0) is 6.42 Å². The smallest absolute Gasteiger partial charge is 0.158 e. The van der Waals surface area contributed by atoms with Crippen LogP contribution in [-0.4, -0.2) is 40.1 Å². The fourth-order valence-electron chi connectivity index (χ4n) is 3.60. The summed E-state index contributed by atoms with van der Waals surface area (Å²) >= 11 is 0. The van der Waals surface area contributed by atoms with Gasteiger partial charge in [-0.05, 0) is 43.5 Å². The normalized spacial score (nSPS) is 13.9. The summed E-state index contributed by atoms with van der Waals surface area (Å²) in [5.41, 5.74) is 3.96. The Hall–Kier alpha value is -3.48. The number of aromatic nitrogens is 4. The molecule has 4 rings (SSSR count). The summed E-state index contributed by atoms with van der Waals surface area (Å²) in [4.78, 5) is 22.3. The summed E-state index contributed by atoms with van der Waals surface area (Å²) in [6.07, 6.45) is 8.21. The van der Waals surface area contributed by atoms with Crippen LogP contribution in [0, 0.1) is 0 Å². The molecule has 154 valence electrons. The molecule has 0 aliphatic carbocycles. The zero-order chi connectivity index (χ0) is 20.9. The van der Waals surface area contributed by atoms with Crippen molar-refractivity contribution in [1.29, 1.82) is 0 Å². The molecule has 1 N–H and O–H groups in total. The fourth-order valence-corrected chi connectivity index (χ4v) is 3.60. The predicted octanol–water partition coefficient (Wildman–Crippen LogP) is 4.12. The fraction of sp³-hybridized carbons (Fsp3) is 0.304. The van der Waals surface area contributed by atoms with Gasteiger partial charge >= 0.3 is 0 Å². The van der Waals surface area contributed by atoms with E-state index in [4.69, 9.17) is 4.98 Å². The van der Waals surface area contributed by atoms with Crippen LogP contribution in [0.25, 0.3) is 11.3 Å². The minimum Gasteiger partial charge on any atom is -0.372 e. The molecular formula is C23H27N7. The molecule has 0 saturated carbocycles. The van der Waals surface area contributed by atoms with E-state index in [0.29, 0.717) is 0 Å². The molecule has 3 aromatic heterocycles. The zero-order valence-corrected chi connectivity index (χ0v) is 17.5. The molecule has 0 amide bonds. The maximum Gasteiger partial charge on any atom is 0.158 e. The van der Waals surface area contributed by atoms with Crippen molar-refractivity contribution >= 4 is 17.3 Å². The van der Waals surface area contributed by atoms with Gasteiger partial charge in [-0.25, -0.2) is 15.0 Å². The minimum absolute atomic E-state index is 0.743. The third kappa shape index (κ3) is 4.25. The summed E-state index contributed by atoms with van der Waals surface area (Å²) in [7, 11) is 2.11. The first kappa shape index (κ1) is 19.8. The van der Waals surface area contributed by atoms with Crippen molar-refractivity contribution in [2.24, 2.45) is 0 Å². The summed E-state index contributed by atoms with van der Waals surface area (Å²) < 4.78 is 0. The standard InChI is InChI=1S/C23H27N7/c1-4-19-14-22(26-16-25-19)27-17(2)30-13-6-5-12-29(3)21-10-9-20(28-23(21)30)18-8-7-11-24-15-18/h7-11,14-16H,2,4-6,12-13H2,1,3H3,(H,25,26,27). The minimum atomic E-state index is 0.743. The van der Waals surface area contributed by atoms with E-state index >= 15 is 0 Å². The van der Waals surface area contributed by atoms with Gasteiger partial charge in [-0.2, -0.15) is 0 Å². The topological polar surface area (TPSA) is 70.1 Å². The van der Waals surface area contributed by atoms with Gasteiger partial charge in [-0.3, -0.25) is 4.98 Å². The van der Waals surface area contributed by atoms with Gasteiger partial charge < -0.3 is 15.1 Å². The lowest BCUT2D eigenvalue weighted by atomic mass is 10.1. The largest absolute Gasteiger partial charge is 0.372 e. The number of rotatable bonds is 5. The molecule has 0 unspecified atom stereocenters. The summed E-state index contributed by atoms with van der Waals surface area (Å²) in [6.45, 7) is 8.23. The Balaban J connectivity index is 1.70. The number of hydrogen-bond acceptors (Lipinski definition) is 7. The molecule has 0 fully saturated rings. The molecule has 7 nitrogen and oxygen atoms in total. The number of pyridine rings is 2. The lowest BCUT2D eigenvalue weighted by Gasteiger charge is -2.33. The highest BCUT2D eigenvalue weighted by Gasteiger charge is 2.22. The first-order valence-electron chi connectivity index (χ1n) is 10.3. The number of fused-ring (bicyclic) bond motifs is 1. The number of nitrogens with zero attached hydrogens (tertiary/aromatic N) is 6. The molecule has 0 aromatic carbocycles. The van der Waals surface area contributed by atoms with Gasteiger partial charge in [0.1, 0.15) is 18.0 Å². The SMILES string of the molecule is C=C(Nc1cc(CC)ncn1)N1CCCCN(C)c2ccc(-c3cccnc3)nc21. The molecule has 0 bridgehead atoms. The third-order valence-electron chi connectivity index (χ3n) is 5.29. The Morgan fingerprint density at radius 3 is 2.83 bits per heavy atom. The van der Waals surface area contributed by atoms with E-state index in [9.17, 15) is 0 Å². The molecule has 1 aliphatic rings. The predicted molar refractivity (Wildman–Crippen MR) is 121 cm³/mol. The number of nitrogens with one attached hydrogen (secondary N) is 1. The molecule has 0 spiro atoms. The van der Waals surface area contributed by atoms with Gasteiger partial charge in [-0.15, -0.1) is 0 Å². The van der Waals surface area contributed by atoms with Crippen LogP contribution in [0.5, 0.6) is 0 Å². The van der Waals surface area contributed by atoms with Crippen molar-refractivity contribution in [3.8, 4) is 11.3 Å². The Morgan fingerprint density at radius 1 is 1.17 bits per heavy atom. The van der Waals surface area contributed by atoms with Gasteiger partial charge in [-0.1, -0.05) is 13.5 Å². The van der Waals surface area contributed by atoms with Crippen LogP contribution in [0.3, 0.4) is 0 Å². The highest BCUT2D eigenvalue weighted by Crippen LogP contribution is 2.33. The molecule has 0 saturated heterocycles. The van der Waals surface area contributed by atoms with Crippen LogP contribution >= 0.6 is 0 Å². The van der Waals surface area contributed by atoms with E-state index in [1.165, 1.54) is 0 Å². The zero-order valence-electron chi connectivity index (χ0n) is 17.5. The van der Waals surface area contributed by atoms with E-state index in [1.54, 1.807) is 12.5 Å². The monoisotopic (exact) mass is 401 g/mol. The van der Waals surface area contributed by atoms with Crippen LogP contribution < -0.4 is 15.1 Å². The second-order valence-electron chi connectivity index (χ2n) is 7.38. The maximum absolute atomic E-state index is 5.02. The van der Waals surface area contributed by atoms with Gasteiger partial charge in [0.05, 0.1) is 11.4 Å². The van der Waals surface area contributed by atoms with E-state index in [0.717, 1.165) is 72.4 Å². The Kier molecular flexibility index (Phi) is 5.88.